The number of amides is 1. The molecule has 1 fully saturated rings. The molecular formula is C14H29N3O2. The molecule has 19 heavy (non-hydrogen) atoms. The summed E-state index contributed by atoms with van der Waals surface area (Å²) in [6, 6.07) is 0.0317. The van der Waals surface area contributed by atoms with Crippen LogP contribution in [0, 0.1) is 0 Å². The molecule has 0 aromatic carbocycles. The van der Waals surface area contributed by atoms with Gasteiger partial charge in [0.15, 0.2) is 0 Å². The van der Waals surface area contributed by atoms with Crippen molar-refractivity contribution >= 4 is 5.91 Å². The molecule has 0 radical (unpaired) electrons. The molecule has 3 N–H and O–H groups in total. The Morgan fingerprint density at radius 2 is 2.26 bits per heavy atom. The Kier molecular flexibility index (Phi) is 7.34. The van der Waals surface area contributed by atoms with Crippen molar-refractivity contribution in [3.05, 3.63) is 0 Å². The number of nitrogens with one attached hydrogen (secondary N) is 1. The Morgan fingerprint density at radius 3 is 2.74 bits per heavy atom. The smallest absolute Gasteiger partial charge is 0.234 e. The van der Waals surface area contributed by atoms with Crippen molar-refractivity contribution < 1.29 is 9.53 Å². The normalized spacial score (nSPS) is 21.2. The molecular weight excluding hydrogens is 242 g/mol. The molecule has 2 atom stereocenters. The van der Waals surface area contributed by atoms with Gasteiger partial charge in [0.2, 0.25) is 5.91 Å². The van der Waals surface area contributed by atoms with Crippen LogP contribution < -0.4 is 11.1 Å². The maximum Gasteiger partial charge on any atom is 0.234 e. The van der Waals surface area contributed by atoms with Crippen LogP contribution in [-0.4, -0.2) is 55.2 Å². The summed E-state index contributed by atoms with van der Waals surface area (Å²) in [6.07, 6.45) is 3.44. The highest BCUT2D eigenvalue weighted by Gasteiger charge is 2.21. The van der Waals surface area contributed by atoms with Gasteiger partial charge in [0.05, 0.1) is 12.1 Å². The van der Waals surface area contributed by atoms with Crippen molar-refractivity contribution in [2.24, 2.45) is 5.73 Å². The minimum absolute atomic E-state index is 0.237. The second-order valence-corrected chi connectivity index (χ2v) is 5.59. The second kappa shape index (κ2) is 8.51. The van der Waals surface area contributed by atoms with E-state index in [0.717, 1.165) is 39.1 Å². The highest BCUT2D eigenvalue weighted by Crippen LogP contribution is 2.13. The van der Waals surface area contributed by atoms with Crippen LogP contribution in [-0.2, 0) is 9.53 Å². The summed E-state index contributed by atoms with van der Waals surface area (Å²) in [5.41, 5.74) is 5.43. The molecule has 112 valence electrons. The second-order valence-electron chi connectivity index (χ2n) is 5.59. The van der Waals surface area contributed by atoms with Gasteiger partial charge in [-0.3, -0.25) is 4.79 Å². The van der Waals surface area contributed by atoms with E-state index in [9.17, 15) is 4.79 Å². The van der Waals surface area contributed by atoms with E-state index in [1.54, 1.807) is 0 Å². The molecule has 1 aliphatic heterocycles. The van der Waals surface area contributed by atoms with Gasteiger partial charge in [0.1, 0.15) is 0 Å². The summed E-state index contributed by atoms with van der Waals surface area (Å²) >= 11 is 0. The first-order valence-corrected chi connectivity index (χ1v) is 7.42. The summed E-state index contributed by atoms with van der Waals surface area (Å²) in [5, 5.41) is 3.22. The third kappa shape index (κ3) is 6.36. The maximum atomic E-state index is 11.4. The molecule has 0 aliphatic carbocycles. The van der Waals surface area contributed by atoms with Gasteiger partial charge in [0, 0.05) is 25.7 Å². The summed E-state index contributed by atoms with van der Waals surface area (Å²) in [4.78, 5) is 13.7. The Hall–Kier alpha value is -0.650. The number of primary amides is 1. The molecule has 1 heterocycles. The summed E-state index contributed by atoms with van der Waals surface area (Å²) in [7, 11) is 0. The minimum Gasteiger partial charge on any atom is -0.377 e. The van der Waals surface area contributed by atoms with Crippen LogP contribution in [0.1, 0.15) is 40.0 Å². The van der Waals surface area contributed by atoms with Crippen molar-refractivity contribution in [1.29, 1.82) is 0 Å². The molecule has 2 unspecified atom stereocenters. The Morgan fingerprint density at radius 1 is 1.53 bits per heavy atom. The van der Waals surface area contributed by atoms with Gasteiger partial charge >= 0.3 is 0 Å². The zero-order valence-corrected chi connectivity index (χ0v) is 12.5. The molecule has 0 aromatic heterocycles. The maximum absolute atomic E-state index is 11.4. The van der Waals surface area contributed by atoms with E-state index in [2.05, 4.69) is 17.1 Å². The first-order valence-electron chi connectivity index (χ1n) is 7.42. The van der Waals surface area contributed by atoms with Crippen LogP contribution in [0.5, 0.6) is 0 Å². The third-order valence-corrected chi connectivity index (χ3v) is 3.55. The standard InChI is InChI=1S/C14H29N3O2/c1-4-17(10-12-6-5-9-19-12)8-7-13(14(15)18)16-11(2)3/h11-13,16H,4-10H2,1-3H3,(H2,15,18). The number of carbonyl (C=O) groups is 1. The topological polar surface area (TPSA) is 67.6 Å². The van der Waals surface area contributed by atoms with E-state index in [1.807, 2.05) is 13.8 Å². The number of carbonyl (C=O) groups excluding carboxylic acids is 1. The number of ether oxygens (including phenoxy) is 1. The highest BCUT2D eigenvalue weighted by molar-refractivity contribution is 5.79. The predicted octanol–water partition coefficient (Wildman–Crippen LogP) is 0.729. The van der Waals surface area contributed by atoms with E-state index in [-0.39, 0.29) is 18.0 Å². The largest absolute Gasteiger partial charge is 0.377 e. The van der Waals surface area contributed by atoms with Gasteiger partial charge in [-0.05, 0) is 25.8 Å². The van der Waals surface area contributed by atoms with Crippen molar-refractivity contribution in [3.63, 3.8) is 0 Å². The molecule has 1 rings (SSSR count). The molecule has 0 spiro atoms. The summed E-state index contributed by atoms with van der Waals surface area (Å²) in [5.74, 6) is -0.262. The fourth-order valence-electron chi connectivity index (χ4n) is 2.48. The van der Waals surface area contributed by atoms with Crippen LogP contribution >= 0.6 is 0 Å². The zero-order chi connectivity index (χ0) is 14.3. The van der Waals surface area contributed by atoms with Crippen molar-refractivity contribution in [3.8, 4) is 0 Å². The molecule has 1 amide bonds. The number of nitrogens with zero attached hydrogens (tertiary/aromatic N) is 1. The molecule has 5 heteroatoms. The van der Waals surface area contributed by atoms with Crippen LogP contribution in [0.15, 0.2) is 0 Å². The van der Waals surface area contributed by atoms with Crippen molar-refractivity contribution in [1.82, 2.24) is 10.2 Å². The first-order chi connectivity index (χ1) is 9.02. The number of nitrogens with two attached hydrogens (primary N) is 1. The molecule has 0 saturated carbocycles. The van der Waals surface area contributed by atoms with Gasteiger partial charge in [-0.1, -0.05) is 20.8 Å². The van der Waals surface area contributed by atoms with Gasteiger partial charge in [0.25, 0.3) is 0 Å². The first kappa shape index (κ1) is 16.4. The molecule has 0 aromatic rings. The number of likely N-dealkylation sites (N-methyl/N-ethyl adjacent to an activating group) is 1. The molecule has 1 saturated heterocycles. The van der Waals surface area contributed by atoms with Crippen molar-refractivity contribution in [2.45, 2.75) is 58.2 Å². The van der Waals surface area contributed by atoms with Crippen molar-refractivity contribution in [2.75, 3.05) is 26.2 Å². The number of hydrogen-bond acceptors (Lipinski definition) is 4. The SMILES string of the molecule is CCN(CCC(NC(C)C)C(N)=O)CC1CCCO1. The van der Waals surface area contributed by atoms with Crippen LogP contribution in [0.3, 0.4) is 0 Å². The van der Waals surface area contributed by atoms with Gasteiger partial charge in [-0.15, -0.1) is 0 Å². The Balaban J connectivity index is 2.34. The number of hydrogen-bond donors (Lipinski definition) is 2. The van der Waals surface area contributed by atoms with Gasteiger partial charge in [-0.2, -0.15) is 0 Å². The van der Waals surface area contributed by atoms with Crippen LogP contribution in [0.25, 0.3) is 0 Å². The van der Waals surface area contributed by atoms with Gasteiger partial charge in [-0.25, -0.2) is 0 Å². The molecule has 1 aliphatic rings. The number of rotatable bonds is 9. The van der Waals surface area contributed by atoms with E-state index in [0.29, 0.717) is 6.10 Å². The van der Waals surface area contributed by atoms with Crippen LogP contribution in [0.2, 0.25) is 0 Å². The predicted molar refractivity (Wildman–Crippen MR) is 77.0 cm³/mol. The lowest BCUT2D eigenvalue weighted by Gasteiger charge is -2.26. The fourth-order valence-corrected chi connectivity index (χ4v) is 2.48. The van der Waals surface area contributed by atoms with E-state index >= 15 is 0 Å². The zero-order valence-electron chi connectivity index (χ0n) is 12.5. The van der Waals surface area contributed by atoms with Crippen LogP contribution in [0.4, 0.5) is 0 Å². The van der Waals surface area contributed by atoms with E-state index in [4.69, 9.17) is 10.5 Å². The average Bonchev–Trinajstić information content (AvgIpc) is 2.84. The fraction of sp³-hybridized carbons (Fsp3) is 0.929. The Labute approximate surface area is 116 Å². The molecule has 5 nitrogen and oxygen atoms in total. The lowest BCUT2D eigenvalue weighted by molar-refractivity contribution is -0.120. The van der Waals surface area contributed by atoms with E-state index < -0.39 is 0 Å². The van der Waals surface area contributed by atoms with E-state index in [1.165, 1.54) is 6.42 Å². The quantitative estimate of drug-likeness (QED) is 0.649. The highest BCUT2D eigenvalue weighted by atomic mass is 16.5. The lowest BCUT2D eigenvalue weighted by atomic mass is 10.1. The lowest BCUT2D eigenvalue weighted by Crippen LogP contribution is -2.46. The molecule has 0 bridgehead atoms. The van der Waals surface area contributed by atoms with Gasteiger partial charge < -0.3 is 20.7 Å². The third-order valence-electron chi connectivity index (χ3n) is 3.55. The summed E-state index contributed by atoms with van der Waals surface area (Å²) < 4.78 is 5.66. The monoisotopic (exact) mass is 271 g/mol. The Bertz CT molecular complexity index is 265. The average molecular weight is 271 g/mol. The summed E-state index contributed by atoms with van der Waals surface area (Å²) in [6.45, 7) is 9.91. The minimum atomic E-state index is -0.262.